The van der Waals surface area contributed by atoms with Gasteiger partial charge in [0.15, 0.2) is 9.84 Å². The van der Waals surface area contributed by atoms with Crippen molar-refractivity contribution in [3.8, 4) is 0 Å². The van der Waals surface area contributed by atoms with E-state index in [9.17, 15) is 18.0 Å². The second kappa shape index (κ2) is 6.20. The minimum Gasteiger partial charge on any atom is -0.480 e. The highest BCUT2D eigenvalue weighted by molar-refractivity contribution is 7.91. The molecule has 0 aromatic heterocycles. The van der Waals surface area contributed by atoms with Gasteiger partial charge in [-0.15, -0.1) is 0 Å². The van der Waals surface area contributed by atoms with Crippen LogP contribution in [0.25, 0.3) is 0 Å². The first-order chi connectivity index (χ1) is 8.76. The van der Waals surface area contributed by atoms with Gasteiger partial charge in [0, 0.05) is 25.6 Å². The van der Waals surface area contributed by atoms with Gasteiger partial charge in [0.05, 0.1) is 11.5 Å². The Morgan fingerprint density at radius 3 is 2.58 bits per heavy atom. The Balaban J connectivity index is 2.65. The van der Waals surface area contributed by atoms with E-state index in [0.29, 0.717) is 0 Å². The van der Waals surface area contributed by atoms with Crippen molar-refractivity contribution in [3.05, 3.63) is 0 Å². The van der Waals surface area contributed by atoms with Crippen LogP contribution in [0.4, 0.5) is 4.79 Å². The molecule has 8 nitrogen and oxygen atoms in total. The summed E-state index contributed by atoms with van der Waals surface area (Å²) in [5.41, 5.74) is 0. The summed E-state index contributed by atoms with van der Waals surface area (Å²) in [6.45, 7) is 1.28. The van der Waals surface area contributed by atoms with Gasteiger partial charge < -0.3 is 20.4 Å². The highest BCUT2D eigenvalue weighted by Crippen LogP contribution is 2.11. The first kappa shape index (κ1) is 15.7. The third-order valence-electron chi connectivity index (χ3n) is 2.94. The van der Waals surface area contributed by atoms with Gasteiger partial charge in [-0.1, -0.05) is 0 Å². The van der Waals surface area contributed by atoms with Crippen LogP contribution in [0.1, 0.15) is 13.3 Å². The lowest BCUT2D eigenvalue weighted by Gasteiger charge is -2.33. The molecular weight excluding hydrogens is 276 g/mol. The molecule has 0 aromatic carbocycles. The molecule has 0 bridgehead atoms. The molecule has 2 atom stereocenters. The number of nitrogens with one attached hydrogen (secondary N) is 1. The number of hydrogen-bond donors (Lipinski definition) is 3. The zero-order valence-electron chi connectivity index (χ0n) is 10.6. The van der Waals surface area contributed by atoms with Crippen LogP contribution in [0.2, 0.25) is 0 Å². The Morgan fingerprint density at radius 1 is 1.47 bits per heavy atom. The Kier molecular flexibility index (Phi) is 5.12. The number of amides is 2. The Bertz CT molecular complexity index is 449. The van der Waals surface area contributed by atoms with E-state index in [4.69, 9.17) is 10.2 Å². The Hall–Kier alpha value is -1.35. The Morgan fingerprint density at radius 2 is 2.11 bits per heavy atom. The molecule has 0 spiro atoms. The number of carbonyl (C=O) groups excluding carboxylic acids is 1. The molecule has 1 heterocycles. The number of carboxylic acid groups (broad SMARTS) is 1. The zero-order chi connectivity index (χ0) is 14.6. The van der Waals surface area contributed by atoms with E-state index < -0.39 is 33.9 Å². The van der Waals surface area contributed by atoms with Crippen LogP contribution in [0.3, 0.4) is 0 Å². The average Bonchev–Trinajstić information content (AvgIpc) is 2.26. The maximum absolute atomic E-state index is 11.9. The maximum Gasteiger partial charge on any atom is 0.326 e. The van der Waals surface area contributed by atoms with Crippen molar-refractivity contribution in [2.75, 3.05) is 24.7 Å². The fourth-order valence-electron chi connectivity index (χ4n) is 1.92. The SMILES string of the molecule is CC1CS(=O)(=O)CCN1C(=O)NC(CCO)C(=O)O. The molecule has 3 N–H and O–H groups in total. The number of urea groups is 1. The molecule has 9 heteroatoms. The smallest absolute Gasteiger partial charge is 0.326 e. The summed E-state index contributed by atoms with van der Waals surface area (Å²) >= 11 is 0. The number of nitrogens with zero attached hydrogens (tertiary/aromatic N) is 1. The number of carbonyl (C=O) groups is 2. The van der Waals surface area contributed by atoms with E-state index in [0.717, 1.165) is 0 Å². The lowest BCUT2D eigenvalue weighted by molar-refractivity contribution is -0.139. The van der Waals surface area contributed by atoms with Crippen LogP contribution in [0.15, 0.2) is 0 Å². The van der Waals surface area contributed by atoms with Crippen molar-refractivity contribution in [3.63, 3.8) is 0 Å². The lowest BCUT2D eigenvalue weighted by Crippen LogP contribution is -2.56. The van der Waals surface area contributed by atoms with Gasteiger partial charge in [-0.25, -0.2) is 18.0 Å². The van der Waals surface area contributed by atoms with Crippen molar-refractivity contribution in [1.29, 1.82) is 0 Å². The molecule has 0 saturated carbocycles. The van der Waals surface area contributed by atoms with Gasteiger partial charge in [-0.3, -0.25) is 0 Å². The molecule has 1 aliphatic heterocycles. The molecule has 0 aliphatic carbocycles. The number of carboxylic acids is 1. The van der Waals surface area contributed by atoms with Crippen molar-refractivity contribution in [1.82, 2.24) is 10.2 Å². The van der Waals surface area contributed by atoms with Crippen molar-refractivity contribution in [2.24, 2.45) is 0 Å². The fraction of sp³-hybridized carbons (Fsp3) is 0.800. The molecule has 2 amide bonds. The van der Waals surface area contributed by atoms with E-state index in [2.05, 4.69) is 5.32 Å². The van der Waals surface area contributed by atoms with Crippen LogP contribution in [0, 0.1) is 0 Å². The number of sulfone groups is 1. The first-order valence-corrected chi connectivity index (χ1v) is 7.70. The van der Waals surface area contributed by atoms with Gasteiger partial charge in [-0.2, -0.15) is 0 Å². The number of rotatable bonds is 4. The highest BCUT2D eigenvalue weighted by atomic mass is 32.2. The van der Waals surface area contributed by atoms with Crippen molar-refractivity contribution in [2.45, 2.75) is 25.4 Å². The van der Waals surface area contributed by atoms with E-state index in [1.54, 1.807) is 6.92 Å². The summed E-state index contributed by atoms with van der Waals surface area (Å²) in [6.07, 6.45) is -0.0956. The van der Waals surface area contributed by atoms with Crippen molar-refractivity contribution < 1.29 is 28.2 Å². The summed E-state index contributed by atoms with van der Waals surface area (Å²) in [5, 5.41) is 19.9. The van der Waals surface area contributed by atoms with Gasteiger partial charge in [0.2, 0.25) is 0 Å². The minimum absolute atomic E-state index is 0.0425. The van der Waals surface area contributed by atoms with Gasteiger partial charge in [0.25, 0.3) is 0 Å². The number of aliphatic hydroxyl groups excluding tert-OH is 1. The third kappa shape index (κ3) is 4.35. The first-order valence-electron chi connectivity index (χ1n) is 5.88. The third-order valence-corrected chi connectivity index (χ3v) is 4.74. The van der Waals surface area contributed by atoms with E-state index in [-0.39, 0.29) is 31.1 Å². The molecule has 1 rings (SSSR count). The molecule has 1 saturated heterocycles. The van der Waals surface area contributed by atoms with Crippen LogP contribution in [-0.2, 0) is 14.6 Å². The minimum atomic E-state index is -3.13. The maximum atomic E-state index is 11.9. The Labute approximate surface area is 111 Å². The summed E-state index contributed by atoms with van der Waals surface area (Å²) in [4.78, 5) is 24.0. The molecular formula is C10H18N2O6S. The van der Waals surface area contributed by atoms with Crippen LogP contribution in [0.5, 0.6) is 0 Å². The summed E-state index contributed by atoms with van der Waals surface area (Å²) in [6, 6.07) is -2.30. The predicted octanol–water partition coefficient (Wildman–Crippen LogP) is -1.35. The summed E-state index contributed by atoms with van der Waals surface area (Å²) < 4.78 is 22.8. The highest BCUT2D eigenvalue weighted by Gasteiger charge is 2.32. The number of aliphatic hydroxyl groups is 1. The number of hydrogen-bond acceptors (Lipinski definition) is 5. The second-order valence-electron chi connectivity index (χ2n) is 4.51. The normalized spacial score (nSPS) is 23.7. The summed E-state index contributed by atoms with van der Waals surface area (Å²) in [5.74, 6) is -1.49. The van der Waals surface area contributed by atoms with Gasteiger partial charge in [-0.05, 0) is 6.92 Å². The molecule has 0 aromatic rings. The fourth-order valence-corrected chi connectivity index (χ4v) is 3.48. The quantitative estimate of drug-likeness (QED) is 0.589. The van der Waals surface area contributed by atoms with Crippen LogP contribution in [-0.4, -0.2) is 72.3 Å². The van der Waals surface area contributed by atoms with Crippen LogP contribution >= 0.6 is 0 Å². The molecule has 110 valence electrons. The standard InChI is InChI=1S/C10H18N2O6S/c1-7-6-19(17,18)5-3-12(7)10(16)11-8(2-4-13)9(14)15/h7-8,13H,2-6H2,1H3,(H,11,16)(H,14,15). The van der Waals surface area contributed by atoms with E-state index >= 15 is 0 Å². The van der Waals surface area contributed by atoms with Crippen molar-refractivity contribution >= 4 is 21.8 Å². The van der Waals surface area contributed by atoms with E-state index in [1.165, 1.54) is 4.90 Å². The molecule has 19 heavy (non-hydrogen) atoms. The van der Waals surface area contributed by atoms with E-state index in [1.807, 2.05) is 0 Å². The average molecular weight is 294 g/mol. The number of aliphatic carboxylic acids is 1. The largest absolute Gasteiger partial charge is 0.480 e. The lowest BCUT2D eigenvalue weighted by atomic mass is 10.2. The topological polar surface area (TPSA) is 124 Å². The molecule has 2 unspecified atom stereocenters. The van der Waals surface area contributed by atoms with Gasteiger partial charge >= 0.3 is 12.0 Å². The molecule has 1 aliphatic rings. The zero-order valence-corrected chi connectivity index (χ0v) is 11.4. The molecule has 1 fully saturated rings. The van der Waals surface area contributed by atoms with Gasteiger partial charge in [0.1, 0.15) is 6.04 Å². The second-order valence-corrected chi connectivity index (χ2v) is 6.74. The molecule has 0 radical (unpaired) electrons. The monoisotopic (exact) mass is 294 g/mol. The van der Waals surface area contributed by atoms with Crippen LogP contribution < -0.4 is 5.32 Å². The summed E-state index contributed by atoms with van der Waals surface area (Å²) in [7, 11) is -3.13. The predicted molar refractivity (Wildman–Crippen MR) is 66.5 cm³/mol.